The van der Waals surface area contributed by atoms with Crippen LogP contribution in [0.15, 0.2) is 11.6 Å². The Morgan fingerprint density at radius 1 is 0.543 bits per heavy atom. The standard InChI is InChI=1S/C62H100O30/c1-25-43(87-49-39(74)35(70)29(67)19-81-49)45(89-54-47(78)62(80,23-65)24-84-54)42(77)51(85-25)90-46-37(72)31(69)21-83-53(46)92-55(79)61-14-12-56(2,3)16-27(61)26-8-9-34-57(4)17-28(66)48(58(5,22-64)33(57)10-11-60(34,7)59(26,6)13-15-61)91-52-41(76)44(38(73)32(18-63)86-52)88-50-40(75)36(71)30(68)20-82-50/h8,25,27-54,63-78,80H,9-24H2,1-7H3/t25-,27?,28-,29+,30+,31-,32+,33?,34?,35-,36-,37-,38+,39+,40+,41+,42+,43-,44-,45-,46+,47-,48-,49-,50-,51-,52-,53-,54-,57-,58-,59+,60+,61-,62+/m0/s1. The van der Waals surface area contributed by atoms with Gasteiger partial charge in [-0.2, -0.15) is 0 Å². The average molecular weight is 1330 g/mol. The molecule has 11 rings (SSSR count). The number of hydrogen-bond donors (Lipinski definition) is 17. The lowest BCUT2D eigenvalue weighted by molar-refractivity contribution is -0.381. The molecule has 0 aromatic heterocycles. The Morgan fingerprint density at radius 3 is 1.72 bits per heavy atom. The highest BCUT2D eigenvalue weighted by molar-refractivity contribution is 5.79. The van der Waals surface area contributed by atoms with Crippen LogP contribution in [0.5, 0.6) is 0 Å². The van der Waals surface area contributed by atoms with Crippen LogP contribution in [-0.4, -0.2) is 304 Å². The van der Waals surface area contributed by atoms with Crippen LogP contribution in [0.2, 0.25) is 0 Å². The summed E-state index contributed by atoms with van der Waals surface area (Å²) in [6, 6.07) is 0. The van der Waals surface area contributed by atoms with Gasteiger partial charge in [0.25, 0.3) is 0 Å². The zero-order valence-corrected chi connectivity index (χ0v) is 53.0. The first-order valence-electron chi connectivity index (χ1n) is 32.5. The van der Waals surface area contributed by atoms with E-state index in [1.54, 1.807) is 0 Å². The maximum Gasteiger partial charge on any atom is 0.315 e. The van der Waals surface area contributed by atoms with Gasteiger partial charge < -0.3 is 144 Å². The third-order valence-corrected chi connectivity index (χ3v) is 24.3. The van der Waals surface area contributed by atoms with E-state index in [2.05, 4.69) is 40.7 Å². The molecule has 0 amide bonds. The smallest absolute Gasteiger partial charge is 0.315 e. The van der Waals surface area contributed by atoms with Gasteiger partial charge in [-0.3, -0.25) is 4.79 Å². The van der Waals surface area contributed by atoms with Crippen LogP contribution in [0.3, 0.4) is 0 Å². The molecule has 6 heterocycles. The largest absolute Gasteiger partial charge is 0.432 e. The van der Waals surface area contributed by atoms with Gasteiger partial charge in [-0.25, -0.2) is 0 Å². The molecule has 5 aliphatic carbocycles. The SMILES string of the molecule is C[C@@H]1O[C@@H](O[C@H]2[C@H](OC(=O)[C@]34CCC(C)(C)CC3C3=CCC5[C@@]6(C)C[C@H](O)[C@H](O[C@@H]7O[C@H](CO)[C@@H](O)[C@H](O[C@@H]8OC[C@@H](O)[C@H](O)[C@H]8O)[C@H]7O)[C@@](C)(CO)C6CC[C@@]5(C)[C@]3(C)CC4)OC[C@H](O)[C@@H]2O)[C@H](O)[C@H](O[C@@H]2OC[C@](O)(CO)[C@H]2O)[C@H]1O[C@@H]1OC[C@@H](O)[C@H](O)[C@H]1O. The Labute approximate surface area is 532 Å². The van der Waals surface area contributed by atoms with E-state index < -0.39 is 245 Å². The lowest BCUT2D eigenvalue weighted by atomic mass is 9.33. The molecule has 17 N–H and O–H groups in total. The number of carbonyl (C=O) groups excluding carboxylic acids is 1. The maximum atomic E-state index is 15.6. The Bertz CT molecular complexity index is 2610. The molecule has 0 aromatic carbocycles. The normalized spacial score (nSPS) is 55.3. The third-order valence-electron chi connectivity index (χ3n) is 24.3. The zero-order valence-electron chi connectivity index (χ0n) is 53.0. The van der Waals surface area contributed by atoms with Gasteiger partial charge in [0.2, 0.25) is 6.29 Å². The van der Waals surface area contributed by atoms with E-state index in [4.69, 9.17) is 56.8 Å². The molecule has 6 saturated heterocycles. The highest BCUT2D eigenvalue weighted by Crippen LogP contribution is 2.76. The van der Waals surface area contributed by atoms with Crippen LogP contribution >= 0.6 is 0 Å². The number of esters is 1. The first-order chi connectivity index (χ1) is 43.2. The van der Waals surface area contributed by atoms with E-state index in [1.807, 2.05) is 6.92 Å². The third kappa shape index (κ3) is 11.9. The number of ether oxygens (including phenoxy) is 12. The van der Waals surface area contributed by atoms with Gasteiger partial charge in [0.05, 0.1) is 70.0 Å². The van der Waals surface area contributed by atoms with Crippen molar-refractivity contribution in [2.75, 3.05) is 46.2 Å². The Hall–Kier alpha value is -1.91. The second-order valence-corrected chi connectivity index (χ2v) is 30.2. The predicted octanol–water partition coefficient (Wildman–Crippen LogP) is -4.86. The first-order valence-corrected chi connectivity index (χ1v) is 32.5. The highest BCUT2D eigenvalue weighted by Gasteiger charge is 2.72. The van der Waals surface area contributed by atoms with Gasteiger partial charge in [0.1, 0.15) is 103 Å². The first kappa shape index (κ1) is 71.4. The van der Waals surface area contributed by atoms with Crippen molar-refractivity contribution in [3.63, 3.8) is 0 Å². The fourth-order valence-electron chi connectivity index (χ4n) is 18.5. The van der Waals surface area contributed by atoms with Gasteiger partial charge >= 0.3 is 5.97 Å². The molecule has 30 nitrogen and oxygen atoms in total. The molecule has 0 radical (unpaired) electrons. The summed E-state index contributed by atoms with van der Waals surface area (Å²) >= 11 is 0. The molecule has 4 saturated carbocycles. The van der Waals surface area contributed by atoms with Crippen LogP contribution in [0.4, 0.5) is 0 Å². The number of carbonyl (C=O) groups is 1. The lowest BCUT2D eigenvalue weighted by Crippen LogP contribution is -2.70. The Balaban J connectivity index is 0.828. The van der Waals surface area contributed by atoms with E-state index in [-0.39, 0.29) is 29.6 Å². The minimum absolute atomic E-state index is 0.0963. The van der Waals surface area contributed by atoms with Crippen molar-refractivity contribution >= 4 is 5.97 Å². The number of rotatable bonds is 15. The summed E-state index contributed by atoms with van der Waals surface area (Å²) in [5, 5.41) is 187. The van der Waals surface area contributed by atoms with Crippen LogP contribution in [0, 0.1) is 50.2 Å². The molecule has 3 unspecified atom stereocenters. The van der Waals surface area contributed by atoms with Crippen molar-refractivity contribution in [1.29, 1.82) is 0 Å². The molecule has 0 bridgehead atoms. The van der Waals surface area contributed by atoms with E-state index in [9.17, 15) is 86.8 Å². The molecule has 0 spiro atoms. The summed E-state index contributed by atoms with van der Waals surface area (Å²) in [5.74, 6) is -1.40. The predicted molar refractivity (Wildman–Crippen MR) is 305 cm³/mol. The van der Waals surface area contributed by atoms with Gasteiger partial charge in [0, 0.05) is 5.41 Å². The minimum Gasteiger partial charge on any atom is -0.432 e. The van der Waals surface area contributed by atoms with E-state index in [0.29, 0.717) is 51.4 Å². The molecular formula is C62H100O30. The summed E-state index contributed by atoms with van der Waals surface area (Å²) in [7, 11) is 0. The average Bonchev–Trinajstić information content (AvgIpc) is 0.734. The van der Waals surface area contributed by atoms with Gasteiger partial charge in [-0.05, 0) is 104 Å². The number of aliphatic hydroxyl groups is 17. The number of aliphatic hydroxyl groups excluding tert-OH is 16. The van der Waals surface area contributed by atoms with Crippen LogP contribution < -0.4 is 0 Å². The van der Waals surface area contributed by atoms with E-state index in [1.165, 1.54) is 6.92 Å². The number of allylic oxidation sites excluding steroid dienone is 2. The summed E-state index contributed by atoms with van der Waals surface area (Å²) in [6.45, 7) is 10.2. The fraction of sp³-hybridized carbons (Fsp3) is 0.952. The van der Waals surface area contributed by atoms with Gasteiger partial charge in [0.15, 0.2) is 37.6 Å². The van der Waals surface area contributed by atoms with Crippen LogP contribution in [0.1, 0.15) is 106 Å². The molecule has 6 aliphatic heterocycles. The summed E-state index contributed by atoms with van der Waals surface area (Å²) < 4.78 is 71.7. The molecule has 10 fully saturated rings. The zero-order chi connectivity index (χ0) is 66.9. The fourth-order valence-corrected chi connectivity index (χ4v) is 18.5. The molecule has 35 atom stereocenters. The van der Waals surface area contributed by atoms with Crippen molar-refractivity contribution < 1.29 is 148 Å². The Morgan fingerprint density at radius 2 is 1.11 bits per heavy atom. The van der Waals surface area contributed by atoms with E-state index in [0.717, 1.165) is 5.57 Å². The van der Waals surface area contributed by atoms with Crippen molar-refractivity contribution in [3.8, 4) is 0 Å². The molecule has 30 heteroatoms. The highest BCUT2D eigenvalue weighted by atomic mass is 16.8. The minimum atomic E-state index is -2.18. The van der Waals surface area contributed by atoms with Crippen LogP contribution in [-0.2, 0) is 61.6 Å². The Kier molecular flexibility index (Phi) is 20.4. The second kappa shape index (κ2) is 26.3. The molecule has 11 aliphatic rings. The topological polar surface area (TPSA) is 472 Å². The van der Waals surface area contributed by atoms with Gasteiger partial charge in [-0.15, -0.1) is 0 Å². The summed E-state index contributed by atoms with van der Waals surface area (Å²) in [4.78, 5) is 15.6. The molecule has 92 heavy (non-hydrogen) atoms. The monoisotopic (exact) mass is 1320 g/mol. The second-order valence-electron chi connectivity index (χ2n) is 30.2. The summed E-state index contributed by atoms with van der Waals surface area (Å²) in [5.41, 5.74) is -5.28. The summed E-state index contributed by atoms with van der Waals surface area (Å²) in [6.07, 6.45) is -35.6. The number of fused-ring (bicyclic) bond motifs is 7. The van der Waals surface area contributed by atoms with Gasteiger partial charge in [-0.1, -0.05) is 53.2 Å². The number of hydrogen-bond acceptors (Lipinski definition) is 30. The van der Waals surface area contributed by atoms with Crippen molar-refractivity contribution in [3.05, 3.63) is 11.6 Å². The van der Waals surface area contributed by atoms with Crippen LogP contribution in [0.25, 0.3) is 0 Å². The molecular weight excluding hydrogens is 1220 g/mol. The van der Waals surface area contributed by atoms with E-state index >= 15 is 4.79 Å². The quantitative estimate of drug-likeness (QED) is 0.0415. The lowest BCUT2D eigenvalue weighted by Gasteiger charge is -2.72. The van der Waals surface area contributed by atoms with Crippen molar-refractivity contribution in [1.82, 2.24) is 0 Å². The molecule has 0 aromatic rings. The maximum absolute atomic E-state index is 15.6. The molecule has 528 valence electrons. The van der Waals surface area contributed by atoms with Crippen molar-refractivity contribution in [2.45, 2.75) is 272 Å². The van der Waals surface area contributed by atoms with Crippen molar-refractivity contribution in [2.24, 2.45) is 50.2 Å².